The molecule has 0 atom stereocenters. The second-order valence-electron chi connectivity index (χ2n) is 6.47. The molecule has 5 heteroatoms. The maximum Gasteiger partial charge on any atom is 0.262 e. The third-order valence-electron chi connectivity index (χ3n) is 4.27. The van der Waals surface area contributed by atoms with Gasteiger partial charge < -0.3 is 20.0 Å². The quantitative estimate of drug-likeness (QED) is 0.840. The van der Waals surface area contributed by atoms with Crippen molar-refractivity contribution in [2.24, 2.45) is 0 Å². The van der Waals surface area contributed by atoms with E-state index in [0.717, 1.165) is 6.42 Å². The Kier molecular flexibility index (Phi) is 5.80. The first-order chi connectivity index (χ1) is 11.8. The number of carboxylic acids is 1. The predicted molar refractivity (Wildman–Crippen MR) is 94.7 cm³/mol. The summed E-state index contributed by atoms with van der Waals surface area (Å²) in [5.74, 6) is -1.05. The number of carbonyl (C=O) groups is 2. The lowest BCUT2D eigenvalue weighted by atomic mass is 9.82. The van der Waals surface area contributed by atoms with Crippen molar-refractivity contribution in [1.82, 2.24) is 0 Å². The van der Waals surface area contributed by atoms with E-state index >= 15 is 0 Å². The molecule has 1 amide bonds. The molecular formula is C20H22NO4-. The molecule has 0 radical (unpaired) electrons. The van der Waals surface area contributed by atoms with E-state index in [9.17, 15) is 14.7 Å². The van der Waals surface area contributed by atoms with E-state index in [1.807, 2.05) is 24.3 Å². The number of nitrogens with one attached hydrogen (secondary N) is 1. The van der Waals surface area contributed by atoms with Crippen molar-refractivity contribution < 1.29 is 19.4 Å². The zero-order chi connectivity index (χ0) is 18.4. The molecule has 25 heavy (non-hydrogen) atoms. The molecule has 0 fully saturated rings. The van der Waals surface area contributed by atoms with Gasteiger partial charge in [-0.1, -0.05) is 45.0 Å². The molecule has 0 aliphatic carbocycles. The maximum absolute atomic E-state index is 11.9. The fourth-order valence-corrected chi connectivity index (χ4v) is 2.28. The SMILES string of the molecule is CCC(C)(C)c1ccc(OCC(=O)Nc2cccc(C(=O)[O-])c2)cc1. The number of benzene rings is 2. The molecule has 5 nitrogen and oxygen atoms in total. The van der Waals surface area contributed by atoms with E-state index in [1.165, 1.54) is 23.8 Å². The van der Waals surface area contributed by atoms with E-state index in [0.29, 0.717) is 11.4 Å². The Balaban J connectivity index is 1.92. The molecule has 0 saturated heterocycles. The summed E-state index contributed by atoms with van der Waals surface area (Å²) in [6.07, 6.45) is 1.03. The summed E-state index contributed by atoms with van der Waals surface area (Å²) in [4.78, 5) is 22.8. The van der Waals surface area contributed by atoms with Crippen LogP contribution in [0.1, 0.15) is 43.1 Å². The third kappa shape index (κ3) is 5.08. The maximum atomic E-state index is 11.9. The normalized spacial score (nSPS) is 11.0. The molecule has 0 unspecified atom stereocenters. The molecule has 2 aromatic rings. The predicted octanol–water partition coefficient (Wildman–Crippen LogP) is 2.76. The van der Waals surface area contributed by atoms with Crippen molar-refractivity contribution >= 4 is 17.6 Å². The second-order valence-corrected chi connectivity index (χ2v) is 6.47. The molecule has 2 rings (SSSR count). The monoisotopic (exact) mass is 340 g/mol. The molecule has 1 N–H and O–H groups in total. The number of rotatable bonds is 7. The van der Waals surface area contributed by atoms with Crippen LogP contribution >= 0.6 is 0 Å². The molecule has 0 heterocycles. The van der Waals surface area contributed by atoms with Crippen molar-refractivity contribution in [2.45, 2.75) is 32.6 Å². The van der Waals surface area contributed by atoms with Crippen LogP contribution in [0, 0.1) is 0 Å². The van der Waals surface area contributed by atoms with Crippen LogP contribution < -0.4 is 15.2 Å². The lowest BCUT2D eigenvalue weighted by molar-refractivity contribution is -0.255. The molecule has 0 saturated carbocycles. The average Bonchev–Trinajstić information content (AvgIpc) is 2.60. The molecule has 0 bridgehead atoms. The van der Waals surface area contributed by atoms with Gasteiger partial charge >= 0.3 is 0 Å². The highest BCUT2D eigenvalue weighted by Crippen LogP contribution is 2.28. The van der Waals surface area contributed by atoms with Crippen molar-refractivity contribution in [2.75, 3.05) is 11.9 Å². The summed E-state index contributed by atoms with van der Waals surface area (Å²) in [7, 11) is 0. The highest BCUT2D eigenvalue weighted by molar-refractivity contribution is 5.94. The zero-order valence-corrected chi connectivity index (χ0v) is 14.7. The molecule has 2 aromatic carbocycles. The topological polar surface area (TPSA) is 78.5 Å². The van der Waals surface area contributed by atoms with Crippen LogP contribution in [0.25, 0.3) is 0 Å². The largest absolute Gasteiger partial charge is 0.545 e. The smallest absolute Gasteiger partial charge is 0.262 e. The van der Waals surface area contributed by atoms with Crippen molar-refractivity contribution in [3.05, 3.63) is 59.7 Å². The molecule has 0 aliphatic heterocycles. The van der Waals surface area contributed by atoms with Crippen LogP contribution in [0.3, 0.4) is 0 Å². The van der Waals surface area contributed by atoms with Crippen LogP contribution in [0.2, 0.25) is 0 Å². The van der Waals surface area contributed by atoms with Crippen LogP contribution in [-0.2, 0) is 10.2 Å². The van der Waals surface area contributed by atoms with E-state index in [4.69, 9.17) is 4.74 Å². The Morgan fingerprint density at radius 1 is 1.12 bits per heavy atom. The third-order valence-corrected chi connectivity index (χ3v) is 4.27. The number of anilines is 1. The van der Waals surface area contributed by atoms with Gasteiger partial charge in [0.1, 0.15) is 5.75 Å². The summed E-state index contributed by atoms with van der Waals surface area (Å²) in [5, 5.41) is 13.4. The molecule has 132 valence electrons. The Morgan fingerprint density at radius 2 is 1.80 bits per heavy atom. The first kappa shape index (κ1) is 18.5. The second kappa shape index (κ2) is 7.83. The summed E-state index contributed by atoms with van der Waals surface area (Å²) in [6, 6.07) is 13.6. The van der Waals surface area contributed by atoms with Gasteiger partial charge in [0, 0.05) is 5.69 Å². The minimum Gasteiger partial charge on any atom is -0.545 e. The lowest BCUT2D eigenvalue weighted by Crippen LogP contribution is -2.23. The van der Waals surface area contributed by atoms with E-state index in [2.05, 4.69) is 26.1 Å². The standard InChI is InChI=1S/C20H23NO4/c1-4-20(2,3)15-8-10-17(11-9-15)25-13-18(22)21-16-7-5-6-14(12-16)19(23)24/h5-12H,4,13H2,1-3H3,(H,21,22)(H,23,24)/p-1. The van der Waals surface area contributed by atoms with Gasteiger partial charge in [0.25, 0.3) is 5.91 Å². The van der Waals surface area contributed by atoms with Gasteiger partial charge in [-0.05, 0) is 47.2 Å². The zero-order valence-electron chi connectivity index (χ0n) is 14.7. The first-order valence-electron chi connectivity index (χ1n) is 8.16. The summed E-state index contributed by atoms with van der Waals surface area (Å²) < 4.78 is 5.48. The Hall–Kier alpha value is -2.82. The minimum absolute atomic E-state index is 0.00726. The van der Waals surface area contributed by atoms with Crippen LogP contribution in [0.5, 0.6) is 5.75 Å². The number of amides is 1. The molecular weight excluding hydrogens is 318 g/mol. The van der Waals surface area contributed by atoms with Gasteiger partial charge in [0.15, 0.2) is 6.61 Å². The number of carboxylic acid groups (broad SMARTS) is 1. The fourth-order valence-electron chi connectivity index (χ4n) is 2.28. The van der Waals surface area contributed by atoms with Gasteiger partial charge in [-0.3, -0.25) is 4.79 Å². The number of hydrogen-bond donors (Lipinski definition) is 1. The summed E-state index contributed by atoms with van der Waals surface area (Å²) in [6.45, 7) is 6.34. The number of carbonyl (C=O) groups excluding carboxylic acids is 2. The Morgan fingerprint density at radius 3 is 2.40 bits per heavy atom. The van der Waals surface area contributed by atoms with E-state index < -0.39 is 5.97 Å². The van der Waals surface area contributed by atoms with Crippen LogP contribution in [0.4, 0.5) is 5.69 Å². The Bertz CT molecular complexity index is 751. The molecule has 0 aliphatic rings. The van der Waals surface area contributed by atoms with Gasteiger partial charge in [0.05, 0.1) is 5.97 Å². The summed E-state index contributed by atoms with van der Waals surface area (Å²) >= 11 is 0. The molecule has 0 aromatic heterocycles. The van der Waals surface area contributed by atoms with Crippen molar-refractivity contribution in [3.8, 4) is 5.75 Å². The van der Waals surface area contributed by atoms with Crippen LogP contribution in [-0.4, -0.2) is 18.5 Å². The van der Waals surface area contributed by atoms with Crippen LogP contribution in [0.15, 0.2) is 48.5 Å². The van der Waals surface area contributed by atoms with Gasteiger partial charge in [0.2, 0.25) is 0 Å². The number of aromatic carboxylic acids is 1. The van der Waals surface area contributed by atoms with Gasteiger partial charge in [-0.2, -0.15) is 0 Å². The van der Waals surface area contributed by atoms with Crippen molar-refractivity contribution in [3.63, 3.8) is 0 Å². The lowest BCUT2D eigenvalue weighted by Gasteiger charge is -2.23. The molecule has 0 spiro atoms. The van der Waals surface area contributed by atoms with Crippen molar-refractivity contribution in [1.29, 1.82) is 0 Å². The highest BCUT2D eigenvalue weighted by atomic mass is 16.5. The van der Waals surface area contributed by atoms with Gasteiger partial charge in [-0.25, -0.2) is 0 Å². The minimum atomic E-state index is -1.29. The van der Waals surface area contributed by atoms with E-state index in [-0.39, 0.29) is 23.5 Å². The first-order valence-corrected chi connectivity index (χ1v) is 8.16. The van der Waals surface area contributed by atoms with Gasteiger partial charge in [-0.15, -0.1) is 0 Å². The fraction of sp³-hybridized carbons (Fsp3) is 0.300. The summed E-state index contributed by atoms with van der Waals surface area (Å²) in [5.41, 5.74) is 1.70. The number of ether oxygens (including phenoxy) is 1. The Labute approximate surface area is 147 Å². The van der Waals surface area contributed by atoms with E-state index in [1.54, 1.807) is 6.07 Å². The highest BCUT2D eigenvalue weighted by Gasteiger charge is 2.17. The number of hydrogen-bond acceptors (Lipinski definition) is 4. The average molecular weight is 340 g/mol.